The second-order valence-corrected chi connectivity index (χ2v) is 7.35. The summed E-state index contributed by atoms with van der Waals surface area (Å²) in [6.45, 7) is 13.5. The Kier molecular flexibility index (Phi) is 53.6. The van der Waals surface area contributed by atoms with Crippen molar-refractivity contribution in [2.75, 3.05) is 75.5 Å². The van der Waals surface area contributed by atoms with Crippen LogP contribution in [0.15, 0.2) is 0 Å². The van der Waals surface area contributed by atoms with Crippen LogP contribution in [0.25, 0.3) is 0 Å². The Morgan fingerprint density at radius 3 is 0.906 bits per heavy atom. The van der Waals surface area contributed by atoms with Crippen LogP contribution in [-0.2, 0) is 18.9 Å². The van der Waals surface area contributed by atoms with Gasteiger partial charge in [0.05, 0.1) is 38.1 Å². The number of aliphatic hydroxyl groups is 3. The minimum Gasteiger partial charge on any atom is -0.391 e. The van der Waals surface area contributed by atoms with Gasteiger partial charge in [0, 0.05) is 35.0 Å². The average molecular weight is 474 g/mol. The SMILES string of the molecule is CCC(O)COC.CCCN(C)C.CCCOC.CC[C@@H](O)COC.CC[C@H](O)COC. The molecule has 202 valence electrons. The fourth-order valence-electron chi connectivity index (χ4n) is 1.58. The Hall–Kier alpha value is -0.320. The minimum atomic E-state index is -0.273. The molecule has 0 fully saturated rings. The summed E-state index contributed by atoms with van der Waals surface area (Å²) in [6.07, 6.45) is 3.87. The Bertz CT molecular complexity index is 242. The van der Waals surface area contributed by atoms with E-state index in [4.69, 9.17) is 20.1 Å². The van der Waals surface area contributed by atoms with E-state index >= 15 is 0 Å². The number of methoxy groups -OCH3 is 4. The van der Waals surface area contributed by atoms with Gasteiger partial charge >= 0.3 is 0 Å². The van der Waals surface area contributed by atoms with E-state index in [0.29, 0.717) is 19.8 Å². The Morgan fingerprint density at radius 1 is 0.562 bits per heavy atom. The third-order valence-corrected chi connectivity index (χ3v) is 3.57. The maximum absolute atomic E-state index is 8.73. The number of nitrogens with zero attached hydrogens (tertiary/aromatic N) is 1. The van der Waals surface area contributed by atoms with Gasteiger partial charge in [-0.05, 0) is 52.7 Å². The van der Waals surface area contributed by atoms with Gasteiger partial charge in [-0.2, -0.15) is 0 Å². The molecule has 8 nitrogen and oxygen atoms in total. The predicted molar refractivity (Wildman–Crippen MR) is 136 cm³/mol. The van der Waals surface area contributed by atoms with Crippen molar-refractivity contribution in [1.82, 2.24) is 4.90 Å². The van der Waals surface area contributed by atoms with Crippen molar-refractivity contribution < 1.29 is 34.3 Å². The molecule has 0 aromatic heterocycles. The summed E-state index contributed by atoms with van der Waals surface area (Å²) in [6, 6.07) is 0. The molecule has 0 aromatic carbocycles. The molecule has 32 heavy (non-hydrogen) atoms. The van der Waals surface area contributed by atoms with Gasteiger partial charge < -0.3 is 39.2 Å². The molecule has 0 saturated heterocycles. The number of ether oxygens (including phenoxy) is 4. The highest BCUT2D eigenvalue weighted by atomic mass is 16.5. The smallest absolute Gasteiger partial charge is 0.0770 e. The van der Waals surface area contributed by atoms with Crippen LogP contribution in [0.2, 0.25) is 0 Å². The standard InChI is InChI=1S/C5H13N.3C5H12O2.C4H10O/c1-4-5-6(2)3;3*1-3-5(6)4-7-2;1-3-4-5-2/h4-5H2,1-3H3;3*5-6H,3-4H2,1-2H3;3-4H2,1-2H3/t;2*5-;;/m.10../s1. The third kappa shape index (κ3) is 63.0. The van der Waals surface area contributed by atoms with E-state index in [9.17, 15) is 0 Å². The maximum Gasteiger partial charge on any atom is 0.0770 e. The van der Waals surface area contributed by atoms with E-state index in [2.05, 4.69) is 47.1 Å². The fraction of sp³-hybridized carbons (Fsp3) is 1.00. The molecule has 0 rings (SSSR count). The molecule has 1 unspecified atom stereocenters. The molecule has 0 saturated carbocycles. The van der Waals surface area contributed by atoms with Crippen LogP contribution in [0.3, 0.4) is 0 Å². The van der Waals surface area contributed by atoms with Gasteiger partial charge in [-0.1, -0.05) is 34.6 Å². The van der Waals surface area contributed by atoms with Crippen molar-refractivity contribution in [2.24, 2.45) is 0 Å². The zero-order chi connectivity index (χ0) is 26.2. The van der Waals surface area contributed by atoms with Crippen LogP contribution >= 0.6 is 0 Å². The van der Waals surface area contributed by atoms with Crippen LogP contribution in [0.4, 0.5) is 0 Å². The summed E-state index contributed by atoms with van der Waals surface area (Å²) in [5, 5.41) is 26.2. The Morgan fingerprint density at radius 2 is 0.875 bits per heavy atom. The summed E-state index contributed by atoms with van der Waals surface area (Å²) >= 11 is 0. The largest absolute Gasteiger partial charge is 0.391 e. The van der Waals surface area contributed by atoms with E-state index in [1.165, 1.54) is 13.0 Å². The van der Waals surface area contributed by atoms with E-state index in [1.807, 2.05) is 20.8 Å². The summed E-state index contributed by atoms with van der Waals surface area (Å²) in [5.41, 5.74) is 0. The lowest BCUT2D eigenvalue weighted by molar-refractivity contribution is 0.0624. The molecule has 0 aromatic rings. The van der Waals surface area contributed by atoms with Gasteiger partial charge in [0.1, 0.15) is 0 Å². The third-order valence-electron chi connectivity index (χ3n) is 3.57. The average Bonchev–Trinajstić information content (AvgIpc) is 2.76. The number of aliphatic hydroxyl groups excluding tert-OH is 3. The quantitative estimate of drug-likeness (QED) is 0.375. The van der Waals surface area contributed by atoms with Crippen LogP contribution in [0.5, 0.6) is 0 Å². The lowest BCUT2D eigenvalue weighted by Gasteiger charge is -2.03. The van der Waals surface area contributed by atoms with Crippen LogP contribution < -0.4 is 0 Å². The highest BCUT2D eigenvalue weighted by Crippen LogP contribution is 1.88. The van der Waals surface area contributed by atoms with Crippen molar-refractivity contribution in [3.05, 3.63) is 0 Å². The Balaban J connectivity index is -0.0000000954. The highest BCUT2D eigenvalue weighted by Gasteiger charge is 1.96. The maximum atomic E-state index is 8.73. The van der Waals surface area contributed by atoms with Crippen LogP contribution in [0.1, 0.15) is 66.7 Å². The van der Waals surface area contributed by atoms with Gasteiger partial charge in [0.15, 0.2) is 0 Å². The van der Waals surface area contributed by atoms with Crippen molar-refractivity contribution in [2.45, 2.75) is 85.0 Å². The van der Waals surface area contributed by atoms with E-state index in [0.717, 1.165) is 32.3 Å². The Labute approximate surface area is 200 Å². The molecule has 0 amide bonds. The first kappa shape index (κ1) is 41.9. The van der Waals surface area contributed by atoms with Crippen LogP contribution in [0, 0.1) is 0 Å². The van der Waals surface area contributed by atoms with E-state index in [-0.39, 0.29) is 18.3 Å². The van der Waals surface area contributed by atoms with Crippen LogP contribution in [-0.4, -0.2) is 114 Å². The summed E-state index contributed by atoms with van der Waals surface area (Å²) in [5.74, 6) is 0. The molecule has 0 spiro atoms. The van der Waals surface area contributed by atoms with Gasteiger partial charge in [-0.15, -0.1) is 0 Å². The highest BCUT2D eigenvalue weighted by molar-refractivity contribution is 4.46. The summed E-state index contributed by atoms with van der Waals surface area (Å²) in [4.78, 5) is 2.18. The van der Waals surface area contributed by atoms with Gasteiger partial charge in [-0.3, -0.25) is 0 Å². The molecule has 0 aliphatic heterocycles. The van der Waals surface area contributed by atoms with Crippen molar-refractivity contribution >= 4 is 0 Å². The summed E-state index contributed by atoms with van der Waals surface area (Å²) < 4.78 is 18.6. The first-order chi connectivity index (χ1) is 15.1. The lowest BCUT2D eigenvalue weighted by Crippen LogP contribution is -2.11. The first-order valence-electron chi connectivity index (χ1n) is 11.8. The molecule has 3 N–H and O–H groups in total. The lowest BCUT2D eigenvalue weighted by atomic mass is 10.3. The van der Waals surface area contributed by atoms with E-state index < -0.39 is 0 Å². The fourth-order valence-corrected chi connectivity index (χ4v) is 1.58. The second-order valence-electron chi connectivity index (χ2n) is 7.35. The number of hydrogen-bond donors (Lipinski definition) is 3. The zero-order valence-electron chi connectivity index (χ0n) is 23.2. The molecule has 0 bridgehead atoms. The van der Waals surface area contributed by atoms with Crippen molar-refractivity contribution in [1.29, 1.82) is 0 Å². The molecule has 0 radical (unpaired) electrons. The molecular formula is C24H59NO7. The van der Waals surface area contributed by atoms with E-state index in [1.54, 1.807) is 28.4 Å². The molecule has 0 heterocycles. The molecular weight excluding hydrogens is 414 g/mol. The predicted octanol–water partition coefficient (Wildman–Crippen LogP) is 3.21. The number of rotatable bonds is 13. The topological polar surface area (TPSA) is 101 Å². The van der Waals surface area contributed by atoms with Gasteiger partial charge in [0.25, 0.3) is 0 Å². The van der Waals surface area contributed by atoms with Gasteiger partial charge in [-0.25, -0.2) is 0 Å². The summed E-state index contributed by atoms with van der Waals surface area (Å²) in [7, 11) is 10.6. The zero-order valence-corrected chi connectivity index (χ0v) is 23.2. The molecule has 3 atom stereocenters. The molecule has 0 aliphatic rings. The van der Waals surface area contributed by atoms with Crippen molar-refractivity contribution in [3.63, 3.8) is 0 Å². The molecule has 8 heteroatoms. The number of hydrogen-bond acceptors (Lipinski definition) is 8. The normalized spacial score (nSPS) is 12.5. The monoisotopic (exact) mass is 473 g/mol. The minimum absolute atomic E-state index is 0.273. The van der Waals surface area contributed by atoms with Gasteiger partial charge in [0.2, 0.25) is 0 Å². The van der Waals surface area contributed by atoms with Crippen molar-refractivity contribution in [3.8, 4) is 0 Å². The first-order valence-corrected chi connectivity index (χ1v) is 11.8. The second kappa shape index (κ2) is 41.0. The molecule has 0 aliphatic carbocycles.